The molecule has 0 spiro atoms. The molecular formula is C31H46O3. The van der Waals surface area contributed by atoms with Gasteiger partial charge in [0.1, 0.15) is 0 Å². The zero-order valence-corrected chi connectivity index (χ0v) is 23.1. The van der Waals surface area contributed by atoms with Crippen LogP contribution in [0.3, 0.4) is 0 Å². The first-order valence-corrected chi connectivity index (χ1v) is 12.9. The lowest BCUT2D eigenvalue weighted by Gasteiger charge is -2.60. The largest absolute Gasteiger partial charge is 0.298 e. The Kier molecular flexibility index (Phi) is 8.88. The second kappa shape index (κ2) is 10.7. The Morgan fingerprint density at radius 1 is 0.794 bits per heavy atom. The maximum Gasteiger partial charge on any atom is 0.161 e. The molecule has 2 saturated carbocycles. The van der Waals surface area contributed by atoms with Crippen molar-refractivity contribution in [1.82, 2.24) is 0 Å². The summed E-state index contributed by atoms with van der Waals surface area (Å²) in [5.74, 6) is -0.378. The second-order valence-electron chi connectivity index (χ2n) is 12.0. The Bertz CT molecular complexity index is 943. The maximum absolute atomic E-state index is 14.4. The zero-order valence-electron chi connectivity index (χ0n) is 23.1. The minimum absolute atomic E-state index is 0.0817. The summed E-state index contributed by atoms with van der Waals surface area (Å²) in [7, 11) is 0. The third-order valence-electron chi connectivity index (χ3n) is 8.39. The van der Waals surface area contributed by atoms with Crippen LogP contribution >= 0.6 is 0 Å². The van der Waals surface area contributed by atoms with Crippen molar-refractivity contribution in [2.24, 2.45) is 22.2 Å². The lowest BCUT2D eigenvalue weighted by Crippen LogP contribution is -2.68. The van der Waals surface area contributed by atoms with E-state index in [1.165, 1.54) is 16.7 Å². The number of rotatable bonds is 9. The second-order valence-corrected chi connectivity index (χ2v) is 12.0. The molecule has 0 saturated heterocycles. The van der Waals surface area contributed by atoms with Crippen molar-refractivity contribution in [3.05, 3.63) is 46.6 Å². The summed E-state index contributed by atoms with van der Waals surface area (Å²) in [5.41, 5.74) is 2.06. The molecule has 0 aromatic heterocycles. The van der Waals surface area contributed by atoms with Crippen molar-refractivity contribution in [2.75, 3.05) is 0 Å². The van der Waals surface area contributed by atoms with Crippen molar-refractivity contribution in [2.45, 2.75) is 107 Å². The molecule has 2 bridgehead atoms. The van der Waals surface area contributed by atoms with Gasteiger partial charge in [-0.05, 0) is 98.3 Å². The third-order valence-corrected chi connectivity index (χ3v) is 8.39. The molecule has 0 aromatic rings. The summed E-state index contributed by atoms with van der Waals surface area (Å²) in [4.78, 5) is 41.5. The van der Waals surface area contributed by atoms with Crippen LogP contribution in [0.4, 0.5) is 0 Å². The molecule has 3 nitrogen and oxygen atoms in total. The highest BCUT2D eigenvalue weighted by Gasteiger charge is 2.71. The van der Waals surface area contributed by atoms with Crippen LogP contribution in [0.5, 0.6) is 0 Å². The number of carbonyl (C=O) groups is 3. The standard InChI is InChI=1S/C31H46O3/c1-21(2)11-10-12-24(7)16-17-30-20-25(14-13-22(3)4)29(8,9)31(28(30)34,18-15-23(5)6)27(33)19-26(30)32/h11,13,15-16,25H,10,12,14,17-20H2,1-9H3/b24-16-/t25-,30-,31+/m0/s1. The molecule has 3 atom stereocenters. The van der Waals surface area contributed by atoms with Gasteiger partial charge in [0, 0.05) is 0 Å². The fourth-order valence-electron chi connectivity index (χ4n) is 5.92. The molecule has 34 heavy (non-hydrogen) atoms. The van der Waals surface area contributed by atoms with Crippen molar-refractivity contribution in [3.8, 4) is 0 Å². The molecule has 0 N–H and O–H groups in total. The van der Waals surface area contributed by atoms with Gasteiger partial charge >= 0.3 is 0 Å². The molecule has 0 radical (unpaired) electrons. The monoisotopic (exact) mass is 466 g/mol. The number of carbonyl (C=O) groups excluding carboxylic acids is 3. The van der Waals surface area contributed by atoms with E-state index in [0.717, 1.165) is 24.8 Å². The summed E-state index contributed by atoms with van der Waals surface area (Å²) in [6.07, 6.45) is 12.4. The average molecular weight is 467 g/mol. The van der Waals surface area contributed by atoms with Crippen LogP contribution in [0, 0.1) is 22.2 Å². The van der Waals surface area contributed by atoms with Crippen LogP contribution in [0.25, 0.3) is 0 Å². The topological polar surface area (TPSA) is 51.2 Å². The van der Waals surface area contributed by atoms with E-state index in [0.29, 0.717) is 19.3 Å². The highest BCUT2D eigenvalue weighted by atomic mass is 16.2. The predicted molar refractivity (Wildman–Crippen MR) is 142 cm³/mol. The molecule has 0 aromatic carbocycles. The smallest absolute Gasteiger partial charge is 0.161 e. The summed E-state index contributed by atoms with van der Waals surface area (Å²) < 4.78 is 0. The normalized spacial score (nSPS) is 28.4. The molecule has 0 unspecified atom stereocenters. The average Bonchev–Trinajstić information content (AvgIpc) is 2.71. The molecule has 2 rings (SSSR count). The molecule has 0 amide bonds. The lowest BCUT2D eigenvalue weighted by molar-refractivity contribution is -0.180. The van der Waals surface area contributed by atoms with Crippen LogP contribution in [0.15, 0.2) is 46.6 Å². The lowest BCUT2D eigenvalue weighted by atomic mass is 9.39. The van der Waals surface area contributed by atoms with Gasteiger partial charge in [-0.15, -0.1) is 0 Å². The molecule has 3 heteroatoms. The van der Waals surface area contributed by atoms with Gasteiger partial charge in [-0.2, -0.15) is 0 Å². The third kappa shape index (κ3) is 5.29. The van der Waals surface area contributed by atoms with Gasteiger partial charge in [0.15, 0.2) is 17.3 Å². The van der Waals surface area contributed by atoms with Crippen LogP contribution < -0.4 is 0 Å². The molecule has 0 aliphatic heterocycles. The molecule has 2 aliphatic carbocycles. The van der Waals surface area contributed by atoms with Gasteiger partial charge < -0.3 is 0 Å². The first kappa shape index (κ1) is 28.2. The van der Waals surface area contributed by atoms with Crippen molar-refractivity contribution in [3.63, 3.8) is 0 Å². The van der Waals surface area contributed by atoms with Gasteiger partial charge in [-0.1, -0.05) is 60.4 Å². The molecule has 188 valence electrons. The Morgan fingerprint density at radius 2 is 1.38 bits per heavy atom. The first-order valence-electron chi connectivity index (χ1n) is 12.9. The van der Waals surface area contributed by atoms with E-state index >= 15 is 0 Å². The Labute approximate surface area is 207 Å². The van der Waals surface area contributed by atoms with Crippen molar-refractivity contribution >= 4 is 17.3 Å². The van der Waals surface area contributed by atoms with Gasteiger partial charge in [-0.25, -0.2) is 0 Å². The predicted octanol–water partition coefficient (Wildman–Crippen LogP) is 7.91. The molecular weight excluding hydrogens is 420 g/mol. The SMILES string of the molecule is CC(C)=CCC/C(C)=C\C[C@]12C[C@H](CC=C(C)C)C(C)(C)[C@](CC=C(C)C)(C(=O)CC1=O)C2=O. The quantitative estimate of drug-likeness (QED) is 0.256. The summed E-state index contributed by atoms with van der Waals surface area (Å²) in [6, 6.07) is 0. The maximum atomic E-state index is 14.4. The van der Waals surface area contributed by atoms with E-state index < -0.39 is 16.2 Å². The van der Waals surface area contributed by atoms with E-state index in [1.54, 1.807) is 0 Å². The summed E-state index contributed by atoms with van der Waals surface area (Å²) >= 11 is 0. The number of allylic oxidation sites excluding steroid dienone is 8. The highest BCUT2D eigenvalue weighted by Crippen LogP contribution is 2.64. The van der Waals surface area contributed by atoms with Crippen LogP contribution in [-0.2, 0) is 14.4 Å². The molecule has 0 heterocycles. The fourth-order valence-corrected chi connectivity index (χ4v) is 5.92. The number of hydrogen-bond donors (Lipinski definition) is 0. The van der Waals surface area contributed by atoms with Crippen LogP contribution in [0.2, 0.25) is 0 Å². The van der Waals surface area contributed by atoms with E-state index in [1.807, 2.05) is 19.9 Å². The number of fused-ring (bicyclic) bond motifs is 2. The number of ketones is 3. The van der Waals surface area contributed by atoms with Gasteiger partial charge in [0.2, 0.25) is 0 Å². The summed E-state index contributed by atoms with van der Waals surface area (Å²) in [6.45, 7) is 18.6. The van der Waals surface area contributed by atoms with E-state index in [4.69, 9.17) is 0 Å². The number of Topliss-reactive ketones (excluding diaryl/α,β-unsaturated/α-hetero) is 3. The van der Waals surface area contributed by atoms with Crippen LogP contribution in [-0.4, -0.2) is 17.3 Å². The minimum Gasteiger partial charge on any atom is -0.298 e. The van der Waals surface area contributed by atoms with Gasteiger partial charge in [0.25, 0.3) is 0 Å². The Balaban J connectivity index is 2.60. The minimum atomic E-state index is -1.14. The van der Waals surface area contributed by atoms with Crippen molar-refractivity contribution in [1.29, 1.82) is 0 Å². The Hall–Kier alpha value is -2.03. The summed E-state index contributed by atoms with van der Waals surface area (Å²) in [5, 5.41) is 0. The van der Waals surface area contributed by atoms with E-state index in [9.17, 15) is 14.4 Å². The molecule has 2 aliphatic rings. The molecule has 2 fully saturated rings. The van der Waals surface area contributed by atoms with Gasteiger partial charge in [-0.3, -0.25) is 14.4 Å². The van der Waals surface area contributed by atoms with E-state index in [2.05, 4.69) is 66.7 Å². The fraction of sp³-hybridized carbons (Fsp3) is 0.645. The first-order chi connectivity index (χ1) is 15.7. The van der Waals surface area contributed by atoms with Gasteiger partial charge in [0.05, 0.1) is 17.3 Å². The van der Waals surface area contributed by atoms with Crippen LogP contribution in [0.1, 0.15) is 107 Å². The van der Waals surface area contributed by atoms with E-state index in [-0.39, 0.29) is 29.7 Å². The number of hydrogen-bond acceptors (Lipinski definition) is 3. The Morgan fingerprint density at radius 3 is 1.94 bits per heavy atom. The van der Waals surface area contributed by atoms with Crippen molar-refractivity contribution < 1.29 is 14.4 Å². The zero-order chi connectivity index (χ0) is 25.9. The highest BCUT2D eigenvalue weighted by molar-refractivity contribution is 6.28.